The Morgan fingerprint density at radius 2 is 2.27 bits per heavy atom. The van der Waals surface area contributed by atoms with Crippen LogP contribution in [0.25, 0.3) is 0 Å². The number of rotatable bonds is 3. The highest BCUT2D eigenvalue weighted by atomic mass is 16.2. The van der Waals surface area contributed by atoms with Gasteiger partial charge in [-0.05, 0) is 39.2 Å². The molecule has 0 radical (unpaired) electrons. The molecule has 1 fully saturated rings. The summed E-state index contributed by atoms with van der Waals surface area (Å²) in [5.41, 5.74) is 5.43. The van der Waals surface area contributed by atoms with Crippen LogP contribution in [0.15, 0.2) is 0 Å². The predicted molar refractivity (Wildman–Crippen MR) is 61.7 cm³/mol. The largest absolute Gasteiger partial charge is 0.330 e. The zero-order valence-corrected chi connectivity index (χ0v) is 9.91. The number of likely N-dealkylation sites (tertiary alicyclic amines) is 1. The van der Waals surface area contributed by atoms with Gasteiger partial charge in [-0.1, -0.05) is 0 Å². The fourth-order valence-electron chi connectivity index (χ4n) is 2.03. The number of carbonyl (C=O) groups excluding carboxylic acids is 1. The van der Waals surface area contributed by atoms with Gasteiger partial charge in [0.25, 0.3) is 0 Å². The Morgan fingerprint density at radius 1 is 1.53 bits per heavy atom. The Labute approximate surface area is 92.4 Å². The van der Waals surface area contributed by atoms with Gasteiger partial charge in [0, 0.05) is 26.2 Å². The number of hydrogen-bond acceptors (Lipinski definition) is 2. The number of amides is 2. The molecule has 0 saturated carbocycles. The predicted octanol–water partition coefficient (Wildman–Crippen LogP) is 1.26. The number of urea groups is 1. The summed E-state index contributed by atoms with van der Waals surface area (Å²) in [6.45, 7) is 4.45. The molecule has 0 aromatic rings. The van der Waals surface area contributed by atoms with E-state index in [1.165, 1.54) is 6.42 Å². The van der Waals surface area contributed by atoms with Crippen molar-refractivity contribution in [3.05, 3.63) is 0 Å². The highest BCUT2D eigenvalue weighted by Crippen LogP contribution is 2.17. The van der Waals surface area contributed by atoms with Crippen molar-refractivity contribution in [2.45, 2.75) is 38.6 Å². The average Bonchev–Trinajstić information content (AvgIpc) is 2.25. The molecule has 2 N–H and O–H groups in total. The summed E-state index contributed by atoms with van der Waals surface area (Å²) in [5, 5.41) is 0. The zero-order chi connectivity index (χ0) is 11.3. The van der Waals surface area contributed by atoms with E-state index >= 15 is 0 Å². The summed E-state index contributed by atoms with van der Waals surface area (Å²) in [7, 11) is 1.86. The second-order valence-corrected chi connectivity index (χ2v) is 4.38. The first kappa shape index (κ1) is 12.3. The fraction of sp³-hybridized carbons (Fsp3) is 0.909. The van der Waals surface area contributed by atoms with Crippen LogP contribution in [0.1, 0.15) is 32.6 Å². The Bertz CT molecular complexity index is 208. The third-order valence-electron chi connectivity index (χ3n) is 3.07. The first-order chi connectivity index (χ1) is 7.16. The molecule has 1 aliphatic heterocycles. The highest BCUT2D eigenvalue weighted by molar-refractivity contribution is 5.74. The summed E-state index contributed by atoms with van der Waals surface area (Å²) >= 11 is 0. The lowest BCUT2D eigenvalue weighted by Crippen LogP contribution is -2.48. The molecule has 1 atom stereocenters. The molecule has 2 amide bonds. The molecule has 88 valence electrons. The third-order valence-corrected chi connectivity index (χ3v) is 3.07. The van der Waals surface area contributed by atoms with E-state index in [4.69, 9.17) is 5.73 Å². The minimum Gasteiger partial charge on any atom is -0.330 e. The van der Waals surface area contributed by atoms with Crippen molar-refractivity contribution in [2.24, 2.45) is 5.73 Å². The highest BCUT2D eigenvalue weighted by Gasteiger charge is 2.25. The molecule has 0 aliphatic carbocycles. The van der Waals surface area contributed by atoms with Crippen LogP contribution in [-0.4, -0.2) is 48.6 Å². The maximum absolute atomic E-state index is 12.0. The summed E-state index contributed by atoms with van der Waals surface area (Å²) in [4.78, 5) is 15.8. The SMILES string of the molecule is CC1CCCCN1C(=O)N(C)CCCN. The van der Waals surface area contributed by atoms with E-state index in [2.05, 4.69) is 6.92 Å². The Kier molecular flexibility index (Phi) is 4.88. The molecule has 0 spiro atoms. The molecule has 1 saturated heterocycles. The second-order valence-electron chi connectivity index (χ2n) is 4.38. The standard InChI is InChI=1S/C11H23N3O/c1-10-6-3-4-9-14(10)11(15)13(2)8-5-7-12/h10H,3-9,12H2,1-2H3. The van der Waals surface area contributed by atoms with Crippen LogP contribution in [0, 0.1) is 0 Å². The van der Waals surface area contributed by atoms with E-state index in [1.54, 1.807) is 4.90 Å². The second kappa shape index (κ2) is 5.95. The summed E-state index contributed by atoms with van der Waals surface area (Å²) in [6.07, 6.45) is 4.40. The van der Waals surface area contributed by atoms with Crippen LogP contribution < -0.4 is 5.73 Å². The summed E-state index contributed by atoms with van der Waals surface area (Å²) < 4.78 is 0. The van der Waals surface area contributed by atoms with E-state index in [0.717, 1.165) is 32.4 Å². The lowest BCUT2D eigenvalue weighted by molar-refractivity contribution is 0.128. The van der Waals surface area contributed by atoms with E-state index in [0.29, 0.717) is 12.6 Å². The number of piperidine rings is 1. The van der Waals surface area contributed by atoms with Crippen LogP contribution in [0.2, 0.25) is 0 Å². The number of nitrogens with two attached hydrogens (primary N) is 1. The van der Waals surface area contributed by atoms with Crippen LogP contribution in [0.3, 0.4) is 0 Å². The average molecular weight is 213 g/mol. The van der Waals surface area contributed by atoms with Gasteiger partial charge in [-0.3, -0.25) is 0 Å². The van der Waals surface area contributed by atoms with Gasteiger partial charge in [0.1, 0.15) is 0 Å². The van der Waals surface area contributed by atoms with E-state index in [-0.39, 0.29) is 6.03 Å². The van der Waals surface area contributed by atoms with Crippen molar-refractivity contribution in [1.29, 1.82) is 0 Å². The monoisotopic (exact) mass is 213 g/mol. The number of carbonyl (C=O) groups is 1. The molecule has 0 aromatic carbocycles. The van der Waals surface area contributed by atoms with Crippen molar-refractivity contribution < 1.29 is 4.79 Å². The van der Waals surface area contributed by atoms with Crippen LogP contribution in [-0.2, 0) is 0 Å². The van der Waals surface area contributed by atoms with Crippen molar-refractivity contribution >= 4 is 6.03 Å². The molecular weight excluding hydrogens is 190 g/mol. The van der Waals surface area contributed by atoms with Crippen molar-refractivity contribution in [3.8, 4) is 0 Å². The van der Waals surface area contributed by atoms with Gasteiger partial charge >= 0.3 is 6.03 Å². The molecule has 1 heterocycles. The lowest BCUT2D eigenvalue weighted by atomic mass is 10.0. The number of hydrogen-bond donors (Lipinski definition) is 1. The Morgan fingerprint density at radius 3 is 2.87 bits per heavy atom. The van der Waals surface area contributed by atoms with Gasteiger partial charge in [0.15, 0.2) is 0 Å². The van der Waals surface area contributed by atoms with Gasteiger partial charge in [-0.2, -0.15) is 0 Å². The van der Waals surface area contributed by atoms with E-state index in [9.17, 15) is 4.79 Å². The molecule has 1 rings (SSSR count). The first-order valence-electron chi connectivity index (χ1n) is 5.88. The minimum atomic E-state index is 0.163. The van der Waals surface area contributed by atoms with Crippen LogP contribution in [0.5, 0.6) is 0 Å². The topological polar surface area (TPSA) is 49.6 Å². The quantitative estimate of drug-likeness (QED) is 0.767. The van der Waals surface area contributed by atoms with Gasteiger partial charge in [-0.25, -0.2) is 4.79 Å². The normalized spacial score (nSPS) is 21.5. The van der Waals surface area contributed by atoms with Crippen molar-refractivity contribution in [2.75, 3.05) is 26.7 Å². The Hall–Kier alpha value is -0.770. The zero-order valence-electron chi connectivity index (χ0n) is 9.91. The molecular formula is C11H23N3O. The maximum Gasteiger partial charge on any atom is 0.319 e. The molecule has 1 unspecified atom stereocenters. The first-order valence-corrected chi connectivity index (χ1v) is 5.88. The van der Waals surface area contributed by atoms with E-state index in [1.807, 2.05) is 11.9 Å². The molecule has 0 bridgehead atoms. The van der Waals surface area contributed by atoms with Crippen molar-refractivity contribution in [3.63, 3.8) is 0 Å². The Balaban J connectivity index is 2.43. The van der Waals surface area contributed by atoms with Gasteiger partial charge in [0.2, 0.25) is 0 Å². The van der Waals surface area contributed by atoms with Crippen LogP contribution in [0.4, 0.5) is 4.79 Å². The molecule has 4 nitrogen and oxygen atoms in total. The smallest absolute Gasteiger partial charge is 0.319 e. The number of nitrogens with zero attached hydrogens (tertiary/aromatic N) is 2. The van der Waals surface area contributed by atoms with E-state index < -0.39 is 0 Å². The molecule has 15 heavy (non-hydrogen) atoms. The maximum atomic E-state index is 12.0. The fourth-order valence-corrected chi connectivity index (χ4v) is 2.03. The molecule has 0 aromatic heterocycles. The lowest BCUT2D eigenvalue weighted by Gasteiger charge is -2.36. The van der Waals surface area contributed by atoms with Crippen molar-refractivity contribution in [1.82, 2.24) is 9.80 Å². The third kappa shape index (κ3) is 3.38. The van der Waals surface area contributed by atoms with Gasteiger partial charge < -0.3 is 15.5 Å². The van der Waals surface area contributed by atoms with Gasteiger partial charge in [0.05, 0.1) is 0 Å². The van der Waals surface area contributed by atoms with Gasteiger partial charge in [-0.15, -0.1) is 0 Å². The minimum absolute atomic E-state index is 0.163. The van der Waals surface area contributed by atoms with Crippen LogP contribution >= 0.6 is 0 Å². The molecule has 1 aliphatic rings. The summed E-state index contributed by atoms with van der Waals surface area (Å²) in [5.74, 6) is 0. The summed E-state index contributed by atoms with van der Waals surface area (Å²) in [6, 6.07) is 0.558. The molecule has 4 heteroatoms.